The van der Waals surface area contributed by atoms with Crippen molar-refractivity contribution in [1.29, 1.82) is 0 Å². The van der Waals surface area contributed by atoms with Gasteiger partial charge < -0.3 is 10.1 Å². The average Bonchev–Trinajstić information content (AvgIpc) is 3.15. The van der Waals surface area contributed by atoms with E-state index in [-0.39, 0.29) is 0 Å². The van der Waals surface area contributed by atoms with Crippen molar-refractivity contribution in [3.8, 4) is 0 Å². The average molecular weight is 233 g/mol. The number of rotatable bonds is 8. The molecule has 1 aromatic rings. The third-order valence-electron chi connectivity index (χ3n) is 3.40. The number of benzene rings is 1. The van der Waals surface area contributed by atoms with Gasteiger partial charge in [-0.05, 0) is 36.4 Å². The van der Waals surface area contributed by atoms with Crippen LogP contribution < -0.4 is 5.32 Å². The van der Waals surface area contributed by atoms with Crippen LogP contribution >= 0.6 is 0 Å². The van der Waals surface area contributed by atoms with Gasteiger partial charge >= 0.3 is 0 Å². The van der Waals surface area contributed by atoms with Crippen molar-refractivity contribution in [3.05, 3.63) is 35.4 Å². The highest BCUT2D eigenvalue weighted by molar-refractivity contribution is 5.26. The maximum absolute atomic E-state index is 5.21. The summed E-state index contributed by atoms with van der Waals surface area (Å²) in [6, 6.07) is 8.50. The van der Waals surface area contributed by atoms with Gasteiger partial charge in [0.05, 0.1) is 6.61 Å². The van der Waals surface area contributed by atoms with Gasteiger partial charge in [-0.15, -0.1) is 0 Å². The van der Waals surface area contributed by atoms with Gasteiger partial charge in [-0.1, -0.05) is 37.1 Å². The molecule has 1 saturated carbocycles. The molecule has 2 heteroatoms. The Balaban J connectivity index is 1.69. The van der Waals surface area contributed by atoms with Crippen LogP contribution in [0.4, 0.5) is 0 Å². The first-order valence-electron chi connectivity index (χ1n) is 6.66. The second kappa shape index (κ2) is 6.77. The first kappa shape index (κ1) is 12.6. The maximum atomic E-state index is 5.21. The SMILES string of the molecule is COCc1ccccc1CNCCCC1CC1. The molecule has 1 aliphatic rings. The van der Waals surface area contributed by atoms with E-state index in [1.54, 1.807) is 7.11 Å². The van der Waals surface area contributed by atoms with Crippen molar-refractivity contribution in [2.45, 2.75) is 38.8 Å². The molecule has 0 spiro atoms. The van der Waals surface area contributed by atoms with E-state index in [9.17, 15) is 0 Å². The summed E-state index contributed by atoms with van der Waals surface area (Å²) in [5.74, 6) is 1.05. The fraction of sp³-hybridized carbons (Fsp3) is 0.600. The molecule has 94 valence electrons. The third-order valence-corrected chi connectivity index (χ3v) is 3.40. The Hall–Kier alpha value is -0.860. The van der Waals surface area contributed by atoms with E-state index in [0.29, 0.717) is 6.61 Å². The van der Waals surface area contributed by atoms with Crippen LogP contribution in [0, 0.1) is 5.92 Å². The van der Waals surface area contributed by atoms with E-state index in [1.165, 1.54) is 36.8 Å². The second-order valence-corrected chi connectivity index (χ2v) is 4.96. The first-order valence-corrected chi connectivity index (χ1v) is 6.66. The molecular weight excluding hydrogens is 210 g/mol. The number of ether oxygens (including phenoxy) is 1. The highest BCUT2D eigenvalue weighted by Gasteiger charge is 2.19. The van der Waals surface area contributed by atoms with Crippen LogP contribution in [-0.2, 0) is 17.9 Å². The normalized spacial score (nSPS) is 15.1. The van der Waals surface area contributed by atoms with Gasteiger partial charge in [-0.3, -0.25) is 0 Å². The van der Waals surface area contributed by atoms with Crippen LogP contribution in [0.1, 0.15) is 36.8 Å². The Morgan fingerprint density at radius 3 is 2.71 bits per heavy atom. The third kappa shape index (κ3) is 4.49. The van der Waals surface area contributed by atoms with E-state index >= 15 is 0 Å². The minimum Gasteiger partial charge on any atom is -0.380 e. The smallest absolute Gasteiger partial charge is 0.0716 e. The molecule has 2 rings (SSSR count). The van der Waals surface area contributed by atoms with Crippen molar-refractivity contribution in [2.75, 3.05) is 13.7 Å². The summed E-state index contributed by atoms with van der Waals surface area (Å²) >= 11 is 0. The Kier molecular flexibility index (Phi) is 5.02. The molecule has 0 radical (unpaired) electrons. The van der Waals surface area contributed by atoms with Gasteiger partial charge in [0, 0.05) is 13.7 Å². The number of hydrogen-bond acceptors (Lipinski definition) is 2. The molecule has 0 bridgehead atoms. The van der Waals surface area contributed by atoms with Crippen LogP contribution in [0.3, 0.4) is 0 Å². The first-order chi connectivity index (χ1) is 8.40. The summed E-state index contributed by atoms with van der Waals surface area (Å²) in [4.78, 5) is 0. The van der Waals surface area contributed by atoms with Crippen LogP contribution in [0.5, 0.6) is 0 Å². The van der Waals surface area contributed by atoms with Gasteiger partial charge in [-0.2, -0.15) is 0 Å². The number of methoxy groups -OCH3 is 1. The van der Waals surface area contributed by atoms with E-state index < -0.39 is 0 Å². The molecule has 1 N–H and O–H groups in total. The molecule has 17 heavy (non-hydrogen) atoms. The lowest BCUT2D eigenvalue weighted by molar-refractivity contribution is 0.184. The van der Waals surface area contributed by atoms with Crippen LogP contribution in [0.2, 0.25) is 0 Å². The highest BCUT2D eigenvalue weighted by atomic mass is 16.5. The second-order valence-electron chi connectivity index (χ2n) is 4.96. The zero-order chi connectivity index (χ0) is 11.9. The largest absolute Gasteiger partial charge is 0.380 e. The molecule has 1 aliphatic carbocycles. The van der Waals surface area contributed by atoms with Crippen molar-refractivity contribution < 1.29 is 4.74 Å². The maximum Gasteiger partial charge on any atom is 0.0716 e. The van der Waals surface area contributed by atoms with Crippen molar-refractivity contribution in [3.63, 3.8) is 0 Å². The molecule has 2 nitrogen and oxygen atoms in total. The molecule has 0 unspecified atom stereocenters. The van der Waals surface area contributed by atoms with Crippen molar-refractivity contribution >= 4 is 0 Å². The fourth-order valence-corrected chi connectivity index (χ4v) is 2.17. The van der Waals surface area contributed by atoms with Gasteiger partial charge in [-0.25, -0.2) is 0 Å². The van der Waals surface area contributed by atoms with Gasteiger partial charge in [0.1, 0.15) is 0 Å². The predicted octanol–water partition coefficient (Wildman–Crippen LogP) is 3.11. The van der Waals surface area contributed by atoms with E-state index in [4.69, 9.17) is 4.74 Å². The molecule has 0 aromatic heterocycles. The summed E-state index contributed by atoms with van der Waals surface area (Å²) in [7, 11) is 1.75. The minimum atomic E-state index is 0.708. The summed E-state index contributed by atoms with van der Waals surface area (Å²) in [6.45, 7) is 2.81. The summed E-state index contributed by atoms with van der Waals surface area (Å²) in [5, 5.41) is 3.53. The predicted molar refractivity (Wildman–Crippen MR) is 70.8 cm³/mol. The van der Waals surface area contributed by atoms with Crippen LogP contribution in [-0.4, -0.2) is 13.7 Å². The summed E-state index contributed by atoms with van der Waals surface area (Å²) in [6.07, 6.45) is 5.66. The lowest BCUT2D eigenvalue weighted by Crippen LogP contribution is -2.16. The van der Waals surface area contributed by atoms with Gasteiger partial charge in [0.15, 0.2) is 0 Å². The van der Waals surface area contributed by atoms with Crippen LogP contribution in [0.25, 0.3) is 0 Å². The molecule has 0 heterocycles. The zero-order valence-corrected chi connectivity index (χ0v) is 10.7. The van der Waals surface area contributed by atoms with Gasteiger partial charge in [0.2, 0.25) is 0 Å². The topological polar surface area (TPSA) is 21.3 Å². The van der Waals surface area contributed by atoms with Gasteiger partial charge in [0.25, 0.3) is 0 Å². The van der Waals surface area contributed by atoms with E-state index in [0.717, 1.165) is 19.0 Å². The monoisotopic (exact) mass is 233 g/mol. The molecule has 0 atom stereocenters. The quantitative estimate of drug-likeness (QED) is 0.697. The Morgan fingerprint density at radius 2 is 2.00 bits per heavy atom. The Labute approximate surface area is 104 Å². The molecule has 0 amide bonds. The van der Waals surface area contributed by atoms with Crippen molar-refractivity contribution in [2.24, 2.45) is 5.92 Å². The number of hydrogen-bond donors (Lipinski definition) is 1. The lowest BCUT2D eigenvalue weighted by atomic mass is 10.1. The molecule has 0 aliphatic heterocycles. The van der Waals surface area contributed by atoms with E-state index in [1.807, 2.05) is 0 Å². The summed E-state index contributed by atoms with van der Waals surface area (Å²) < 4.78 is 5.21. The minimum absolute atomic E-state index is 0.708. The highest BCUT2D eigenvalue weighted by Crippen LogP contribution is 2.33. The standard InChI is InChI=1S/C15H23NO/c1-17-12-15-7-3-2-6-14(15)11-16-10-4-5-13-8-9-13/h2-3,6-7,13,16H,4-5,8-12H2,1H3. The summed E-state index contributed by atoms with van der Waals surface area (Å²) in [5.41, 5.74) is 2.66. The molecular formula is C15H23NO. The molecule has 1 fully saturated rings. The van der Waals surface area contributed by atoms with E-state index in [2.05, 4.69) is 29.6 Å². The van der Waals surface area contributed by atoms with Crippen LogP contribution in [0.15, 0.2) is 24.3 Å². The molecule has 1 aromatic carbocycles. The van der Waals surface area contributed by atoms with Crippen molar-refractivity contribution in [1.82, 2.24) is 5.32 Å². The Bertz CT molecular complexity index is 333. The lowest BCUT2D eigenvalue weighted by Gasteiger charge is -2.09. The number of nitrogens with one attached hydrogen (secondary N) is 1. The Morgan fingerprint density at radius 1 is 1.24 bits per heavy atom. The molecule has 0 saturated heterocycles. The zero-order valence-electron chi connectivity index (χ0n) is 10.7. The fourth-order valence-electron chi connectivity index (χ4n) is 2.17.